The fourth-order valence-electron chi connectivity index (χ4n) is 2.00. The molecule has 0 radical (unpaired) electrons. The van der Waals surface area contributed by atoms with E-state index >= 15 is 0 Å². The lowest BCUT2D eigenvalue weighted by Crippen LogP contribution is -2.31. The minimum atomic E-state index is -0.686. The molecule has 1 aromatic rings. The molecule has 0 unspecified atom stereocenters. The maximum Gasteiger partial charge on any atom is 0.346 e. The lowest BCUT2D eigenvalue weighted by Gasteiger charge is -2.10. The molecule has 5 nitrogen and oxygen atoms in total. The van der Waals surface area contributed by atoms with E-state index in [4.69, 9.17) is 0 Å². The van der Waals surface area contributed by atoms with E-state index in [-0.39, 0.29) is 17.6 Å². The van der Waals surface area contributed by atoms with Crippen molar-refractivity contribution in [2.45, 2.75) is 64.6 Å². The van der Waals surface area contributed by atoms with Gasteiger partial charge in [0.1, 0.15) is 5.82 Å². The van der Waals surface area contributed by atoms with Crippen molar-refractivity contribution in [2.75, 3.05) is 0 Å². The predicted octanol–water partition coefficient (Wildman–Crippen LogP) is 1.27. The summed E-state index contributed by atoms with van der Waals surface area (Å²) in [6, 6.07) is 0.0995. The van der Waals surface area contributed by atoms with Crippen molar-refractivity contribution >= 4 is 0 Å². The molecule has 0 amide bonds. The predicted molar refractivity (Wildman–Crippen MR) is 65.1 cm³/mol. The first kappa shape index (κ1) is 12.4. The van der Waals surface area contributed by atoms with Crippen LogP contribution in [0.4, 0.5) is 0 Å². The molecule has 0 atom stereocenters. The molecule has 0 saturated heterocycles. The number of hydrogen-bond donors (Lipinski definition) is 1. The molecule has 0 bridgehead atoms. The lowest BCUT2D eigenvalue weighted by atomic mass is 10.2. The number of aromatic nitrogens is 3. The van der Waals surface area contributed by atoms with Gasteiger partial charge in [-0.1, -0.05) is 13.8 Å². The summed E-state index contributed by atoms with van der Waals surface area (Å²) < 4.78 is 3.14. The van der Waals surface area contributed by atoms with Crippen molar-refractivity contribution in [2.24, 2.45) is 0 Å². The molecule has 96 valence electrons. The van der Waals surface area contributed by atoms with E-state index in [1.165, 1.54) is 4.68 Å². The fraction of sp³-hybridized carbons (Fsp3) is 0.833. The highest BCUT2D eigenvalue weighted by Crippen LogP contribution is 2.36. The smallest absolute Gasteiger partial charge is 0.346 e. The van der Waals surface area contributed by atoms with Crippen LogP contribution in [0.2, 0.25) is 0 Å². The molecular formula is C12H21N3O2. The highest BCUT2D eigenvalue weighted by molar-refractivity contribution is 4.99. The molecular weight excluding hydrogens is 218 g/mol. The molecule has 1 N–H and O–H groups in total. The zero-order valence-electron chi connectivity index (χ0n) is 11.0. The van der Waals surface area contributed by atoms with Gasteiger partial charge >= 0.3 is 5.69 Å². The maximum absolute atomic E-state index is 12.2. The summed E-state index contributed by atoms with van der Waals surface area (Å²) in [6.07, 6.45) is 1.54. The van der Waals surface area contributed by atoms with Crippen LogP contribution in [0.5, 0.6) is 0 Å². The Bertz CT molecular complexity index is 467. The third-order valence-electron chi connectivity index (χ3n) is 3.20. The van der Waals surface area contributed by atoms with E-state index in [2.05, 4.69) is 5.10 Å². The molecule has 1 aliphatic rings. The fourth-order valence-corrected chi connectivity index (χ4v) is 2.00. The Balaban J connectivity index is 2.41. The third kappa shape index (κ3) is 2.29. The number of nitrogens with zero attached hydrogens (tertiary/aromatic N) is 3. The van der Waals surface area contributed by atoms with Gasteiger partial charge in [0.25, 0.3) is 0 Å². The van der Waals surface area contributed by atoms with E-state index in [0.29, 0.717) is 6.54 Å². The monoisotopic (exact) mass is 239 g/mol. The van der Waals surface area contributed by atoms with Crippen molar-refractivity contribution in [1.29, 1.82) is 0 Å². The van der Waals surface area contributed by atoms with E-state index in [9.17, 15) is 9.90 Å². The Morgan fingerprint density at radius 2 is 1.94 bits per heavy atom. The van der Waals surface area contributed by atoms with Gasteiger partial charge in [0.2, 0.25) is 0 Å². The number of hydrogen-bond acceptors (Lipinski definition) is 3. The minimum absolute atomic E-state index is 0.0995. The van der Waals surface area contributed by atoms with Crippen LogP contribution in [0.3, 0.4) is 0 Å². The van der Waals surface area contributed by atoms with Crippen LogP contribution in [-0.4, -0.2) is 25.1 Å². The molecule has 1 heterocycles. The van der Waals surface area contributed by atoms with Crippen LogP contribution in [0.1, 0.15) is 58.3 Å². The largest absolute Gasteiger partial charge is 0.388 e. The van der Waals surface area contributed by atoms with Crippen LogP contribution < -0.4 is 5.69 Å². The standard InChI is InChI=1S/C12H21N3O2/c1-8(2)10-13-14(7-12(17)5-6-12)11(16)15(10)9(3)4/h8-9,17H,5-7H2,1-4H3. The quantitative estimate of drug-likeness (QED) is 0.861. The molecule has 17 heavy (non-hydrogen) atoms. The molecule has 1 fully saturated rings. The second kappa shape index (κ2) is 3.98. The third-order valence-corrected chi connectivity index (χ3v) is 3.20. The highest BCUT2D eigenvalue weighted by Gasteiger charge is 2.41. The Morgan fingerprint density at radius 1 is 1.35 bits per heavy atom. The normalized spacial score (nSPS) is 18.1. The van der Waals surface area contributed by atoms with Gasteiger partial charge in [-0.15, -0.1) is 0 Å². The molecule has 5 heteroatoms. The van der Waals surface area contributed by atoms with Gasteiger partial charge in [-0.05, 0) is 26.7 Å². The molecule has 2 rings (SSSR count). The summed E-state index contributed by atoms with van der Waals surface area (Å²) in [5.74, 6) is 1.01. The number of aliphatic hydroxyl groups is 1. The van der Waals surface area contributed by atoms with Crippen LogP contribution >= 0.6 is 0 Å². The van der Waals surface area contributed by atoms with Gasteiger partial charge in [-0.3, -0.25) is 4.57 Å². The van der Waals surface area contributed by atoms with E-state index < -0.39 is 5.60 Å². The molecule has 1 aromatic heterocycles. The minimum Gasteiger partial charge on any atom is -0.388 e. The second-order valence-corrected chi connectivity index (χ2v) is 5.64. The average molecular weight is 239 g/mol. The first-order chi connectivity index (χ1) is 7.84. The lowest BCUT2D eigenvalue weighted by molar-refractivity contribution is 0.123. The molecule has 0 aliphatic heterocycles. The van der Waals surface area contributed by atoms with Gasteiger partial charge in [-0.2, -0.15) is 5.10 Å². The van der Waals surface area contributed by atoms with Crippen LogP contribution in [-0.2, 0) is 6.54 Å². The first-order valence-corrected chi connectivity index (χ1v) is 6.26. The summed E-state index contributed by atoms with van der Waals surface area (Å²) in [5, 5.41) is 14.2. The van der Waals surface area contributed by atoms with Crippen molar-refractivity contribution < 1.29 is 5.11 Å². The average Bonchev–Trinajstić information content (AvgIpc) is 2.83. The van der Waals surface area contributed by atoms with Crippen molar-refractivity contribution in [3.63, 3.8) is 0 Å². The Hall–Kier alpha value is -1.10. The van der Waals surface area contributed by atoms with Crippen molar-refractivity contribution in [3.05, 3.63) is 16.3 Å². The highest BCUT2D eigenvalue weighted by atomic mass is 16.3. The van der Waals surface area contributed by atoms with Gasteiger partial charge < -0.3 is 5.11 Å². The zero-order chi connectivity index (χ0) is 12.8. The molecule has 0 spiro atoms. The van der Waals surface area contributed by atoms with Crippen LogP contribution in [0.15, 0.2) is 4.79 Å². The summed E-state index contributed by atoms with van der Waals surface area (Å²) in [5.41, 5.74) is -0.794. The number of rotatable bonds is 4. The van der Waals surface area contributed by atoms with Gasteiger partial charge in [-0.25, -0.2) is 9.48 Å². The Kier molecular flexibility index (Phi) is 2.89. The summed E-state index contributed by atoms with van der Waals surface area (Å²) in [4.78, 5) is 12.2. The van der Waals surface area contributed by atoms with Gasteiger partial charge in [0, 0.05) is 12.0 Å². The zero-order valence-corrected chi connectivity index (χ0v) is 11.0. The van der Waals surface area contributed by atoms with E-state index in [1.807, 2.05) is 27.7 Å². The first-order valence-electron chi connectivity index (χ1n) is 6.26. The Labute approximate surface area is 101 Å². The van der Waals surface area contributed by atoms with Crippen molar-refractivity contribution in [3.8, 4) is 0 Å². The van der Waals surface area contributed by atoms with E-state index in [1.54, 1.807) is 4.57 Å². The molecule has 1 saturated carbocycles. The van der Waals surface area contributed by atoms with Crippen LogP contribution in [0.25, 0.3) is 0 Å². The van der Waals surface area contributed by atoms with Gasteiger partial charge in [0.05, 0.1) is 12.1 Å². The summed E-state index contributed by atoms with van der Waals surface area (Å²) >= 11 is 0. The van der Waals surface area contributed by atoms with Crippen molar-refractivity contribution in [1.82, 2.24) is 14.3 Å². The topological polar surface area (TPSA) is 60.0 Å². The molecule has 0 aromatic carbocycles. The molecule has 1 aliphatic carbocycles. The SMILES string of the molecule is CC(C)c1nn(CC2(O)CC2)c(=O)n1C(C)C. The van der Waals surface area contributed by atoms with Crippen LogP contribution in [0, 0.1) is 0 Å². The summed E-state index contributed by atoms with van der Waals surface area (Å²) in [7, 11) is 0. The van der Waals surface area contributed by atoms with E-state index in [0.717, 1.165) is 18.7 Å². The summed E-state index contributed by atoms with van der Waals surface area (Å²) in [6.45, 7) is 8.33. The maximum atomic E-state index is 12.2. The Morgan fingerprint density at radius 3 is 2.29 bits per heavy atom. The van der Waals surface area contributed by atoms with Gasteiger partial charge in [0.15, 0.2) is 0 Å². The second-order valence-electron chi connectivity index (χ2n) is 5.64.